The molecule has 0 aliphatic carbocycles. The molecule has 29 heavy (non-hydrogen) atoms. The fourth-order valence-electron chi connectivity index (χ4n) is 3.72. The van der Waals surface area contributed by atoms with Gasteiger partial charge < -0.3 is 22.8 Å². The van der Waals surface area contributed by atoms with Gasteiger partial charge in [0.1, 0.15) is 5.75 Å². The Morgan fingerprint density at radius 1 is 0.759 bits per heavy atom. The van der Waals surface area contributed by atoms with Crippen molar-refractivity contribution in [2.24, 2.45) is 0 Å². The van der Waals surface area contributed by atoms with Crippen molar-refractivity contribution >= 4 is 14.0 Å². The highest BCUT2D eigenvalue weighted by Gasteiger charge is 2.44. The summed E-state index contributed by atoms with van der Waals surface area (Å²) in [7, 11) is 1.87. The zero-order chi connectivity index (χ0) is 20.3. The van der Waals surface area contributed by atoms with E-state index in [1.807, 2.05) is 78.9 Å². The van der Waals surface area contributed by atoms with Gasteiger partial charge in [0, 0.05) is 43.2 Å². The Kier molecular flexibility index (Phi) is 5.53. The molecule has 0 saturated heterocycles. The third-order valence-corrected chi connectivity index (χ3v) is 7.84. The smallest absolute Gasteiger partial charge is 0.453 e. The summed E-state index contributed by atoms with van der Waals surface area (Å²) in [5.74, 6) is -0.242. The van der Waals surface area contributed by atoms with Crippen molar-refractivity contribution in [2.45, 2.75) is 12.4 Å². The van der Waals surface area contributed by atoms with Crippen LogP contribution in [0.25, 0.3) is 0 Å². The van der Waals surface area contributed by atoms with Crippen LogP contribution in [-0.2, 0) is 30.4 Å². The lowest BCUT2D eigenvalue weighted by Crippen LogP contribution is -2.55. The first kappa shape index (κ1) is 19.8. The molecule has 0 spiro atoms. The molecule has 3 aromatic carbocycles. The molecular weight excluding hydrogens is 384 g/mol. The molecular formula is C23H24O5Si. The molecule has 0 radical (unpaired) electrons. The van der Waals surface area contributed by atoms with Gasteiger partial charge in [-0.1, -0.05) is 66.7 Å². The number of hydrogen-bond acceptors (Lipinski definition) is 5. The topological polar surface area (TPSA) is 46.2 Å². The summed E-state index contributed by atoms with van der Waals surface area (Å²) in [6.45, 7) is 0.384. The van der Waals surface area contributed by atoms with Crippen LogP contribution in [0.2, 0.25) is 0 Å². The van der Waals surface area contributed by atoms with Crippen molar-refractivity contribution in [2.75, 3.05) is 21.3 Å². The Morgan fingerprint density at radius 2 is 1.31 bits per heavy atom. The van der Waals surface area contributed by atoms with Gasteiger partial charge in [-0.3, -0.25) is 0 Å². The first-order chi connectivity index (χ1) is 14.2. The first-order valence-corrected chi connectivity index (χ1v) is 11.1. The Labute approximate surface area is 172 Å². The van der Waals surface area contributed by atoms with Gasteiger partial charge in [-0.05, 0) is 12.1 Å². The lowest BCUT2D eigenvalue weighted by atomic mass is 9.95. The number of fused-ring (bicyclic) bond motifs is 1. The summed E-state index contributed by atoms with van der Waals surface area (Å²) in [4.78, 5) is 0. The average Bonchev–Trinajstić information content (AvgIpc) is 2.81. The second-order valence-electron chi connectivity index (χ2n) is 6.73. The molecule has 0 aromatic heterocycles. The second-order valence-corrected chi connectivity index (χ2v) is 9.64. The summed E-state index contributed by atoms with van der Waals surface area (Å²) in [6.07, 6.45) is 0. The van der Waals surface area contributed by atoms with Crippen LogP contribution < -0.4 is 9.92 Å². The average molecular weight is 409 g/mol. The standard InChI is InChI=1S/C23H24O5Si/c1-24-29(25-2,26-3)21-14-15-22-18(16-21)17-27-23(28-22,19-10-6-4-7-11-19)20-12-8-5-9-13-20/h4-16H,17H2,1-3H3. The van der Waals surface area contributed by atoms with Crippen molar-refractivity contribution in [1.82, 2.24) is 0 Å². The lowest BCUT2D eigenvalue weighted by molar-refractivity contribution is -0.184. The molecule has 1 heterocycles. The van der Waals surface area contributed by atoms with Crippen LogP contribution >= 0.6 is 0 Å². The monoisotopic (exact) mass is 408 g/mol. The summed E-state index contributed by atoms with van der Waals surface area (Å²) in [5.41, 5.74) is 2.80. The molecule has 3 aromatic rings. The van der Waals surface area contributed by atoms with E-state index in [2.05, 4.69) is 0 Å². The van der Waals surface area contributed by atoms with Gasteiger partial charge >= 0.3 is 8.80 Å². The highest BCUT2D eigenvalue weighted by Crippen LogP contribution is 2.42. The predicted octanol–water partition coefficient (Wildman–Crippen LogP) is 3.58. The van der Waals surface area contributed by atoms with E-state index in [9.17, 15) is 0 Å². The van der Waals surface area contributed by atoms with Gasteiger partial charge in [0.15, 0.2) is 0 Å². The summed E-state index contributed by atoms with van der Waals surface area (Å²) >= 11 is 0. The van der Waals surface area contributed by atoms with E-state index < -0.39 is 14.6 Å². The number of benzene rings is 3. The number of hydrogen-bond donors (Lipinski definition) is 0. The van der Waals surface area contributed by atoms with Gasteiger partial charge in [0.25, 0.3) is 5.79 Å². The van der Waals surface area contributed by atoms with Crippen LogP contribution in [0, 0.1) is 0 Å². The van der Waals surface area contributed by atoms with Crippen LogP contribution in [-0.4, -0.2) is 30.1 Å². The normalized spacial score (nSPS) is 15.4. The molecule has 1 aliphatic rings. The second kappa shape index (κ2) is 8.10. The number of rotatable bonds is 6. The van der Waals surface area contributed by atoms with E-state index in [-0.39, 0.29) is 0 Å². The lowest BCUT2D eigenvalue weighted by Gasteiger charge is -2.39. The SMILES string of the molecule is CO[Si](OC)(OC)c1ccc2c(c1)COC(c1ccccc1)(c1ccccc1)O2. The quantitative estimate of drug-likeness (QED) is 0.584. The molecule has 0 unspecified atom stereocenters. The van der Waals surface area contributed by atoms with Gasteiger partial charge in [-0.2, -0.15) is 0 Å². The molecule has 0 bridgehead atoms. The summed E-state index contributed by atoms with van der Waals surface area (Å²) in [6, 6.07) is 25.8. The van der Waals surface area contributed by atoms with Crippen LogP contribution in [0.3, 0.4) is 0 Å². The molecule has 5 nitrogen and oxygen atoms in total. The zero-order valence-electron chi connectivity index (χ0n) is 16.8. The molecule has 0 fully saturated rings. The van der Waals surface area contributed by atoms with Crippen molar-refractivity contribution in [3.05, 3.63) is 95.6 Å². The highest BCUT2D eigenvalue weighted by molar-refractivity contribution is 6.75. The highest BCUT2D eigenvalue weighted by atomic mass is 28.4. The zero-order valence-corrected chi connectivity index (χ0v) is 17.8. The minimum atomic E-state index is -2.93. The fourth-order valence-corrected chi connectivity index (χ4v) is 5.56. The molecule has 4 rings (SSSR count). The Bertz CT molecular complexity index is 910. The first-order valence-electron chi connectivity index (χ1n) is 9.40. The van der Waals surface area contributed by atoms with Gasteiger partial charge in [-0.25, -0.2) is 0 Å². The van der Waals surface area contributed by atoms with Gasteiger partial charge in [-0.15, -0.1) is 0 Å². The van der Waals surface area contributed by atoms with Gasteiger partial charge in [0.05, 0.1) is 6.61 Å². The predicted molar refractivity (Wildman–Crippen MR) is 112 cm³/mol. The molecule has 0 saturated carbocycles. The van der Waals surface area contributed by atoms with E-state index in [0.717, 1.165) is 27.6 Å². The van der Waals surface area contributed by atoms with E-state index in [4.69, 9.17) is 22.8 Å². The maximum atomic E-state index is 6.53. The minimum absolute atomic E-state index is 0.384. The molecule has 0 N–H and O–H groups in total. The Morgan fingerprint density at radius 3 is 1.83 bits per heavy atom. The van der Waals surface area contributed by atoms with Crippen molar-refractivity contribution < 1.29 is 22.8 Å². The summed E-state index contributed by atoms with van der Waals surface area (Å²) in [5, 5.41) is 0.864. The third-order valence-electron chi connectivity index (χ3n) is 5.21. The molecule has 150 valence electrons. The van der Waals surface area contributed by atoms with E-state index >= 15 is 0 Å². The van der Waals surface area contributed by atoms with Crippen LogP contribution in [0.15, 0.2) is 78.9 Å². The van der Waals surface area contributed by atoms with Crippen LogP contribution in [0.5, 0.6) is 5.75 Å². The Balaban J connectivity index is 1.78. The van der Waals surface area contributed by atoms with Gasteiger partial charge in [0.2, 0.25) is 0 Å². The van der Waals surface area contributed by atoms with Crippen molar-refractivity contribution in [1.29, 1.82) is 0 Å². The molecule has 0 atom stereocenters. The van der Waals surface area contributed by atoms with E-state index in [1.54, 1.807) is 21.3 Å². The maximum absolute atomic E-state index is 6.53. The van der Waals surface area contributed by atoms with Crippen molar-refractivity contribution in [3.8, 4) is 5.75 Å². The third kappa shape index (κ3) is 3.39. The largest absolute Gasteiger partial charge is 0.536 e. The fraction of sp³-hybridized carbons (Fsp3) is 0.217. The van der Waals surface area contributed by atoms with Crippen molar-refractivity contribution in [3.63, 3.8) is 0 Å². The van der Waals surface area contributed by atoms with E-state index in [1.165, 1.54) is 0 Å². The molecule has 0 amide bonds. The molecule has 1 aliphatic heterocycles. The van der Waals surface area contributed by atoms with Crippen LogP contribution in [0.1, 0.15) is 16.7 Å². The van der Waals surface area contributed by atoms with Crippen LogP contribution in [0.4, 0.5) is 0 Å². The Hall–Kier alpha value is -2.48. The minimum Gasteiger partial charge on any atom is -0.453 e. The molecule has 6 heteroatoms. The van der Waals surface area contributed by atoms with E-state index in [0.29, 0.717) is 6.61 Å². The summed E-state index contributed by atoms with van der Waals surface area (Å²) < 4.78 is 29.8. The number of ether oxygens (including phenoxy) is 2. The maximum Gasteiger partial charge on any atom is 0.536 e.